The van der Waals surface area contributed by atoms with Gasteiger partial charge in [0.2, 0.25) is 0 Å². The third kappa shape index (κ3) is 7.55. The quantitative estimate of drug-likeness (QED) is 0.419. The first-order chi connectivity index (χ1) is 13.3. The molecular weight excluding hydrogens is 396 g/mol. The van der Waals surface area contributed by atoms with Crippen LogP contribution in [0.15, 0.2) is 58.3 Å². The third-order valence-corrected chi connectivity index (χ3v) is 5.09. The van der Waals surface area contributed by atoms with Crippen LogP contribution in [0.4, 0.5) is 0 Å². The minimum atomic E-state index is -0.929. The van der Waals surface area contributed by atoms with Crippen LogP contribution in [0, 0.1) is 0 Å². The number of aliphatic carboxylic acids is 2. The second-order valence-corrected chi connectivity index (χ2v) is 7.43. The van der Waals surface area contributed by atoms with Gasteiger partial charge in [0.05, 0.1) is 13.1 Å². The van der Waals surface area contributed by atoms with Crippen LogP contribution >= 0.6 is 25.3 Å². The molecule has 0 fully saturated rings. The zero-order valence-corrected chi connectivity index (χ0v) is 17.2. The fraction of sp³-hybridized carbons (Fsp3) is 0.300. The number of nitrogens with zero attached hydrogens (tertiary/aromatic N) is 2. The molecule has 0 spiro atoms. The number of benzene rings is 2. The van der Waals surface area contributed by atoms with E-state index in [2.05, 4.69) is 25.3 Å². The lowest BCUT2D eigenvalue weighted by atomic mass is 10.2. The van der Waals surface area contributed by atoms with Crippen molar-refractivity contribution in [1.29, 1.82) is 0 Å². The van der Waals surface area contributed by atoms with Gasteiger partial charge in [-0.1, -0.05) is 36.4 Å². The minimum Gasteiger partial charge on any atom is -0.480 e. The molecule has 2 rings (SSSR count). The van der Waals surface area contributed by atoms with E-state index in [0.29, 0.717) is 26.2 Å². The average molecular weight is 421 g/mol. The highest BCUT2D eigenvalue weighted by molar-refractivity contribution is 7.80. The molecule has 2 aromatic carbocycles. The molecule has 0 bridgehead atoms. The van der Waals surface area contributed by atoms with E-state index in [-0.39, 0.29) is 13.1 Å². The summed E-state index contributed by atoms with van der Waals surface area (Å²) in [5.74, 6) is -1.86. The molecule has 0 saturated carbocycles. The van der Waals surface area contributed by atoms with E-state index in [1.54, 1.807) is 9.80 Å². The first-order valence-electron chi connectivity index (χ1n) is 8.77. The standard InChI is InChI=1S/C20H24N2O4S2/c23-19(24)13-21(11-15-5-1-3-7-17(15)27)9-10-22(14-20(25)26)12-16-6-2-4-8-18(16)28/h1-8,27-28H,9-14H2,(H,23,24)(H,25,26). The van der Waals surface area contributed by atoms with Crippen molar-refractivity contribution < 1.29 is 19.8 Å². The number of thiol groups is 2. The summed E-state index contributed by atoms with van der Waals surface area (Å²) >= 11 is 8.85. The molecule has 2 N–H and O–H groups in total. The second kappa shape index (κ2) is 11.1. The molecule has 0 aliphatic heterocycles. The van der Waals surface area contributed by atoms with E-state index in [1.165, 1.54) is 0 Å². The largest absolute Gasteiger partial charge is 0.480 e. The predicted octanol–water partition coefficient (Wildman–Crippen LogP) is 2.74. The van der Waals surface area contributed by atoms with E-state index in [9.17, 15) is 19.8 Å². The number of hydrogen-bond donors (Lipinski definition) is 4. The SMILES string of the molecule is O=C(O)CN(CCN(CC(=O)O)Cc1ccccc1S)Cc1ccccc1S. The Morgan fingerprint density at radius 2 is 1.07 bits per heavy atom. The normalized spacial score (nSPS) is 11.1. The van der Waals surface area contributed by atoms with Crippen LogP contribution in [-0.2, 0) is 22.7 Å². The first kappa shape index (κ1) is 22.3. The minimum absolute atomic E-state index is 0.133. The molecule has 6 nitrogen and oxygen atoms in total. The smallest absolute Gasteiger partial charge is 0.317 e. The van der Waals surface area contributed by atoms with Crippen molar-refractivity contribution in [2.24, 2.45) is 0 Å². The van der Waals surface area contributed by atoms with Gasteiger partial charge in [0.1, 0.15) is 0 Å². The van der Waals surface area contributed by atoms with Gasteiger partial charge in [0.25, 0.3) is 0 Å². The number of carboxylic acid groups (broad SMARTS) is 2. The lowest BCUT2D eigenvalue weighted by Crippen LogP contribution is -2.39. The van der Waals surface area contributed by atoms with Gasteiger partial charge < -0.3 is 10.2 Å². The van der Waals surface area contributed by atoms with Gasteiger partial charge in [-0.2, -0.15) is 0 Å². The van der Waals surface area contributed by atoms with Crippen LogP contribution in [0.1, 0.15) is 11.1 Å². The van der Waals surface area contributed by atoms with Crippen molar-refractivity contribution in [3.8, 4) is 0 Å². The highest BCUT2D eigenvalue weighted by Gasteiger charge is 2.16. The molecule has 0 heterocycles. The zero-order chi connectivity index (χ0) is 20.5. The molecule has 0 saturated heterocycles. The molecule has 0 unspecified atom stereocenters. The van der Waals surface area contributed by atoms with Crippen LogP contribution in [0.2, 0.25) is 0 Å². The maximum Gasteiger partial charge on any atom is 0.317 e. The molecule has 0 aliphatic rings. The molecule has 0 amide bonds. The summed E-state index contributed by atoms with van der Waals surface area (Å²) in [6.45, 7) is 1.41. The third-order valence-electron chi connectivity index (χ3n) is 4.22. The monoisotopic (exact) mass is 420 g/mol. The Balaban J connectivity index is 2.07. The van der Waals surface area contributed by atoms with Crippen molar-refractivity contribution >= 4 is 37.2 Å². The molecular formula is C20H24N2O4S2. The van der Waals surface area contributed by atoms with Crippen LogP contribution in [0.25, 0.3) is 0 Å². The van der Waals surface area contributed by atoms with Gasteiger partial charge in [-0.15, -0.1) is 25.3 Å². The summed E-state index contributed by atoms with van der Waals surface area (Å²) in [6.07, 6.45) is 0. The topological polar surface area (TPSA) is 81.1 Å². The molecule has 8 heteroatoms. The van der Waals surface area contributed by atoms with Crippen molar-refractivity contribution in [2.45, 2.75) is 22.9 Å². The molecule has 0 atom stereocenters. The van der Waals surface area contributed by atoms with Crippen molar-refractivity contribution in [1.82, 2.24) is 9.80 Å². The Kier molecular flexibility index (Phi) is 8.85. The second-order valence-electron chi connectivity index (χ2n) is 6.47. The Labute approximate surface area is 175 Å². The van der Waals surface area contributed by atoms with E-state index in [1.807, 2.05) is 48.5 Å². The summed E-state index contributed by atoms with van der Waals surface area (Å²) in [5, 5.41) is 18.5. The maximum absolute atomic E-state index is 11.3. The Morgan fingerprint density at radius 1 is 0.714 bits per heavy atom. The average Bonchev–Trinajstić information content (AvgIpc) is 2.62. The molecule has 150 valence electrons. The van der Waals surface area contributed by atoms with Crippen molar-refractivity contribution in [3.05, 3.63) is 59.7 Å². The molecule has 0 aliphatic carbocycles. The fourth-order valence-corrected chi connectivity index (χ4v) is 3.33. The van der Waals surface area contributed by atoms with Gasteiger partial charge >= 0.3 is 11.9 Å². The Hall–Kier alpha value is -2.00. The first-order valence-corrected chi connectivity index (χ1v) is 9.66. The number of carboxylic acids is 2. The lowest BCUT2D eigenvalue weighted by molar-refractivity contribution is -0.140. The van der Waals surface area contributed by atoms with E-state index >= 15 is 0 Å². The maximum atomic E-state index is 11.3. The summed E-state index contributed by atoms with van der Waals surface area (Å²) < 4.78 is 0. The van der Waals surface area contributed by atoms with Crippen LogP contribution in [0.5, 0.6) is 0 Å². The van der Waals surface area contributed by atoms with Crippen molar-refractivity contribution in [3.63, 3.8) is 0 Å². The number of carbonyl (C=O) groups is 2. The highest BCUT2D eigenvalue weighted by Crippen LogP contribution is 2.17. The van der Waals surface area contributed by atoms with Gasteiger partial charge in [0.15, 0.2) is 0 Å². The summed E-state index contributed by atoms with van der Waals surface area (Å²) in [5.41, 5.74) is 1.86. The van der Waals surface area contributed by atoms with E-state index in [4.69, 9.17) is 0 Å². The summed E-state index contributed by atoms with van der Waals surface area (Å²) in [4.78, 5) is 27.7. The van der Waals surface area contributed by atoms with E-state index < -0.39 is 11.9 Å². The molecule has 0 radical (unpaired) electrons. The van der Waals surface area contributed by atoms with Crippen LogP contribution in [0.3, 0.4) is 0 Å². The lowest BCUT2D eigenvalue weighted by Gasteiger charge is -2.26. The van der Waals surface area contributed by atoms with Gasteiger partial charge in [-0.25, -0.2) is 0 Å². The molecule has 28 heavy (non-hydrogen) atoms. The van der Waals surface area contributed by atoms with Gasteiger partial charge in [0, 0.05) is 36.0 Å². The fourth-order valence-electron chi connectivity index (χ4n) is 2.86. The Morgan fingerprint density at radius 3 is 1.39 bits per heavy atom. The molecule has 2 aromatic rings. The van der Waals surface area contributed by atoms with Crippen molar-refractivity contribution in [2.75, 3.05) is 26.2 Å². The van der Waals surface area contributed by atoms with E-state index in [0.717, 1.165) is 20.9 Å². The van der Waals surface area contributed by atoms with Gasteiger partial charge in [-0.05, 0) is 23.3 Å². The highest BCUT2D eigenvalue weighted by atomic mass is 32.1. The van der Waals surface area contributed by atoms with Crippen LogP contribution < -0.4 is 0 Å². The summed E-state index contributed by atoms with van der Waals surface area (Å²) in [6, 6.07) is 15.0. The zero-order valence-electron chi connectivity index (χ0n) is 15.4. The number of hydrogen-bond acceptors (Lipinski definition) is 6. The van der Waals surface area contributed by atoms with Gasteiger partial charge in [-0.3, -0.25) is 19.4 Å². The molecule has 0 aromatic heterocycles. The van der Waals surface area contributed by atoms with Crippen LogP contribution in [-0.4, -0.2) is 58.1 Å². The Bertz CT molecular complexity index is 749. The number of rotatable bonds is 11. The predicted molar refractivity (Wildman–Crippen MR) is 113 cm³/mol. The summed E-state index contributed by atoms with van der Waals surface area (Å²) in [7, 11) is 0.